The van der Waals surface area contributed by atoms with Gasteiger partial charge in [0.1, 0.15) is 11.7 Å². The summed E-state index contributed by atoms with van der Waals surface area (Å²) in [4.78, 5) is 0. The maximum atomic E-state index is 12.5. The summed E-state index contributed by atoms with van der Waals surface area (Å²) in [7, 11) is 0. The van der Waals surface area contributed by atoms with E-state index in [4.69, 9.17) is 10.9 Å². The first kappa shape index (κ1) is 11.3. The van der Waals surface area contributed by atoms with Gasteiger partial charge in [0.25, 0.3) is 0 Å². The Hall–Kier alpha value is -1.78. The number of hydrogen-bond acceptors (Lipinski definition) is 3. The molecule has 0 bridgehead atoms. The predicted octanol–water partition coefficient (Wildman–Crippen LogP) is 1.76. The van der Waals surface area contributed by atoms with Crippen LogP contribution in [-0.2, 0) is 0 Å². The molecule has 0 saturated heterocycles. The molecule has 0 saturated carbocycles. The molecule has 0 aliphatic rings. The maximum absolute atomic E-state index is 12.5. The minimum atomic E-state index is -0.253. The van der Waals surface area contributed by atoms with E-state index < -0.39 is 0 Å². The molecule has 4 nitrogen and oxygen atoms in total. The third-order valence-corrected chi connectivity index (χ3v) is 1.91. The van der Waals surface area contributed by atoms with E-state index in [1.807, 2.05) is 0 Å². The molecule has 0 aliphatic carbocycles. The van der Waals surface area contributed by atoms with Crippen LogP contribution in [0.15, 0.2) is 29.4 Å². The molecule has 0 radical (unpaired) electrons. The molecule has 0 spiro atoms. The average molecular weight is 211 g/mol. The van der Waals surface area contributed by atoms with Crippen LogP contribution in [0.5, 0.6) is 0 Å². The first-order valence-corrected chi connectivity index (χ1v) is 4.68. The Balaban J connectivity index is 2.23. The Labute approximate surface area is 87.6 Å². The quantitative estimate of drug-likeness (QED) is 0.228. The Kier molecular flexibility index (Phi) is 4.40. The summed E-state index contributed by atoms with van der Waals surface area (Å²) in [5, 5.41) is 14.2. The number of amidine groups is 1. The molecule has 0 heterocycles. The molecule has 0 atom stereocenters. The number of nitrogens with zero attached hydrogens (tertiary/aromatic N) is 1. The van der Waals surface area contributed by atoms with Crippen molar-refractivity contribution in [1.29, 1.82) is 0 Å². The van der Waals surface area contributed by atoms with E-state index in [-0.39, 0.29) is 11.7 Å². The van der Waals surface area contributed by atoms with Gasteiger partial charge in [0, 0.05) is 18.7 Å². The lowest BCUT2D eigenvalue weighted by Gasteiger charge is -2.05. The number of oxime groups is 1. The fourth-order valence-corrected chi connectivity index (χ4v) is 1.12. The predicted molar refractivity (Wildman–Crippen MR) is 57.5 cm³/mol. The van der Waals surface area contributed by atoms with Crippen LogP contribution in [0.1, 0.15) is 12.8 Å². The van der Waals surface area contributed by atoms with Crippen molar-refractivity contribution in [1.82, 2.24) is 0 Å². The van der Waals surface area contributed by atoms with Crippen LogP contribution in [0, 0.1) is 5.82 Å². The van der Waals surface area contributed by atoms with Gasteiger partial charge in [-0.25, -0.2) is 4.39 Å². The smallest absolute Gasteiger partial charge is 0.139 e. The molecule has 0 fully saturated rings. The van der Waals surface area contributed by atoms with Crippen molar-refractivity contribution in [3.8, 4) is 0 Å². The number of hydrogen-bond donors (Lipinski definition) is 3. The van der Waals surface area contributed by atoms with E-state index in [0.717, 1.165) is 12.1 Å². The van der Waals surface area contributed by atoms with Crippen LogP contribution in [0.3, 0.4) is 0 Å². The Morgan fingerprint density at radius 1 is 1.40 bits per heavy atom. The standard InChI is InChI=1S/C10H14FN3O/c11-8-3-5-9(6-4-8)13-7-1-2-10(12)14-15/h3-6,13,15H,1-2,7H2,(H2,12,14). The lowest BCUT2D eigenvalue weighted by molar-refractivity contribution is 0.316. The molecular weight excluding hydrogens is 197 g/mol. The fraction of sp³-hybridized carbons (Fsp3) is 0.300. The maximum Gasteiger partial charge on any atom is 0.139 e. The second-order valence-corrected chi connectivity index (χ2v) is 3.13. The zero-order valence-corrected chi connectivity index (χ0v) is 8.28. The molecule has 0 amide bonds. The third kappa shape index (κ3) is 4.30. The van der Waals surface area contributed by atoms with Crippen molar-refractivity contribution in [3.05, 3.63) is 30.1 Å². The summed E-state index contributed by atoms with van der Waals surface area (Å²) in [5.74, 6) is -0.0342. The van der Waals surface area contributed by atoms with Crippen molar-refractivity contribution in [2.45, 2.75) is 12.8 Å². The summed E-state index contributed by atoms with van der Waals surface area (Å²) < 4.78 is 12.5. The lowest BCUT2D eigenvalue weighted by atomic mass is 10.2. The van der Waals surface area contributed by atoms with E-state index in [0.29, 0.717) is 13.0 Å². The third-order valence-electron chi connectivity index (χ3n) is 1.91. The molecule has 0 aliphatic heterocycles. The number of halogens is 1. The monoisotopic (exact) mass is 211 g/mol. The number of benzene rings is 1. The van der Waals surface area contributed by atoms with Crippen molar-refractivity contribution in [2.24, 2.45) is 10.9 Å². The van der Waals surface area contributed by atoms with Gasteiger partial charge in [0.2, 0.25) is 0 Å². The number of rotatable bonds is 5. The summed E-state index contributed by atoms with van der Waals surface area (Å²) in [6, 6.07) is 6.12. The van der Waals surface area contributed by atoms with Crippen LogP contribution < -0.4 is 11.1 Å². The fourth-order valence-electron chi connectivity index (χ4n) is 1.12. The lowest BCUT2D eigenvalue weighted by Crippen LogP contribution is -2.13. The summed E-state index contributed by atoms with van der Waals surface area (Å²) in [6.07, 6.45) is 1.29. The molecule has 0 aromatic heterocycles. The number of nitrogens with two attached hydrogens (primary N) is 1. The highest BCUT2D eigenvalue weighted by Gasteiger charge is 1.95. The molecule has 15 heavy (non-hydrogen) atoms. The second-order valence-electron chi connectivity index (χ2n) is 3.13. The van der Waals surface area contributed by atoms with Crippen LogP contribution in [0.2, 0.25) is 0 Å². The summed E-state index contributed by atoms with van der Waals surface area (Å²) >= 11 is 0. The molecule has 82 valence electrons. The average Bonchev–Trinajstić information content (AvgIpc) is 2.26. The van der Waals surface area contributed by atoms with E-state index in [1.165, 1.54) is 12.1 Å². The van der Waals surface area contributed by atoms with Crippen LogP contribution >= 0.6 is 0 Å². The van der Waals surface area contributed by atoms with Crippen LogP contribution in [-0.4, -0.2) is 17.6 Å². The number of anilines is 1. The van der Waals surface area contributed by atoms with Crippen molar-refractivity contribution < 1.29 is 9.60 Å². The molecule has 1 aromatic rings. The van der Waals surface area contributed by atoms with Gasteiger partial charge in [-0.1, -0.05) is 5.16 Å². The van der Waals surface area contributed by atoms with Crippen molar-refractivity contribution in [3.63, 3.8) is 0 Å². The molecule has 0 unspecified atom stereocenters. The second kappa shape index (κ2) is 5.85. The van der Waals surface area contributed by atoms with E-state index in [2.05, 4.69) is 10.5 Å². The Bertz CT molecular complexity index is 324. The van der Waals surface area contributed by atoms with Crippen LogP contribution in [0.4, 0.5) is 10.1 Å². The highest BCUT2D eigenvalue weighted by molar-refractivity contribution is 5.79. The zero-order valence-electron chi connectivity index (χ0n) is 8.28. The first-order chi connectivity index (χ1) is 7.22. The van der Waals surface area contributed by atoms with E-state index in [9.17, 15) is 4.39 Å². The van der Waals surface area contributed by atoms with Crippen LogP contribution in [0.25, 0.3) is 0 Å². The van der Waals surface area contributed by atoms with Gasteiger partial charge in [-0.15, -0.1) is 0 Å². The SMILES string of the molecule is NC(CCCNc1ccc(F)cc1)=NO. The normalized spacial score (nSPS) is 11.4. The van der Waals surface area contributed by atoms with Gasteiger partial charge in [0.15, 0.2) is 0 Å². The topological polar surface area (TPSA) is 70.6 Å². The first-order valence-electron chi connectivity index (χ1n) is 4.68. The molecule has 4 N–H and O–H groups in total. The van der Waals surface area contributed by atoms with Crippen molar-refractivity contribution in [2.75, 3.05) is 11.9 Å². The minimum absolute atomic E-state index is 0.218. The molecular formula is C10H14FN3O. The van der Waals surface area contributed by atoms with Crippen molar-refractivity contribution >= 4 is 11.5 Å². The van der Waals surface area contributed by atoms with Gasteiger partial charge in [0.05, 0.1) is 0 Å². The van der Waals surface area contributed by atoms with Gasteiger partial charge >= 0.3 is 0 Å². The van der Waals surface area contributed by atoms with E-state index in [1.54, 1.807) is 12.1 Å². The Morgan fingerprint density at radius 2 is 2.07 bits per heavy atom. The summed E-state index contributed by atoms with van der Waals surface area (Å²) in [6.45, 7) is 0.696. The Morgan fingerprint density at radius 3 is 2.67 bits per heavy atom. The number of nitrogens with one attached hydrogen (secondary N) is 1. The van der Waals surface area contributed by atoms with Gasteiger partial charge in [-0.2, -0.15) is 0 Å². The van der Waals surface area contributed by atoms with Gasteiger partial charge in [-0.3, -0.25) is 0 Å². The summed E-state index contributed by atoms with van der Waals surface area (Å²) in [5.41, 5.74) is 6.15. The highest BCUT2D eigenvalue weighted by Crippen LogP contribution is 2.08. The molecule has 1 rings (SSSR count). The largest absolute Gasteiger partial charge is 0.409 e. The molecule has 5 heteroatoms. The minimum Gasteiger partial charge on any atom is -0.409 e. The molecule has 1 aromatic carbocycles. The van der Waals surface area contributed by atoms with Gasteiger partial charge in [-0.05, 0) is 30.7 Å². The van der Waals surface area contributed by atoms with E-state index >= 15 is 0 Å². The van der Waals surface area contributed by atoms with Gasteiger partial charge < -0.3 is 16.3 Å². The highest BCUT2D eigenvalue weighted by atomic mass is 19.1. The zero-order chi connectivity index (χ0) is 11.1.